The van der Waals surface area contributed by atoms with Gasteiger partial charge in [0, 0.05) is 45.4 Å². The summed E-state index contributed by atoms with van der Waals surface area (Å²) < 4.78 is 1.87. The number of rotatable bonds is 7. The monoisotopic (exact) mass is 333 g/mol. The Morgan fingerprint density at radius 1 is 1.58 bits per heavy atom. The summed E-state index contributed by atoms with van der Waals surface area (Å²) in [7, 11) is 1.86. The fraction of sp³-hybridized carbons (Fsp3) is 0.706. The fourth-order valence-electron chi connectivity index (χ4n) is 4.05. The van der Waals surface area contributed by atoms with Crippen molar-refractivity contribution < 1.29 is 9.90 Å². The number of carbonyl (C=O) groups is 1. The van der Waals surface area contributed by atoms with E-state index in [1.54, 1.807) is 11.0 Å². The summed E-state index contributed by atoms with van der Waals surface area (Å²) in [6.45, 7) is 7.12. The molecular weight excluding hydrogens is 306 g/mol. The van der Waals surface area contributed by atoms with Gasteiger partial charge in [0.15, 0.2) is 0 Å². The lowest BCUT2D eigenvalue weighted by molar-refractivity contribution is -0.142. The van der Waals surface area contributed by atoms with E-state index in [4.69, 9.17) is 5.11 Å². The molecular formula is C17H27N5O2. The zero-order chi connectivity index (χ0) is 17.1. The number of aliphatic hydroxyl groups is 1. The Kier molecular flexibility index (Phi) is 5.30. The minimum absolute atomic E-state index is 0.0956. The van der Waals surface area contributed by atoms with Gasteiger partial charge in [0.1, 0.15) is 0 Å². The molecule has 132 valence electrons. The van der Waals surface area contributed by atoms with E-state index in [1.165, 1.54) is 0 Å². The lowest BCUT2D eigenvalue weighted by Gasteiger charge is -2.49. The predicted molar refractivity (Wildman–Crippen MR) is 90.2 cm³/mol. The molecule has 0 saturated carbocycles. The molecule has 4 rings (SSSR count). The SMILES string of the molecule is C=CCN(C)C(=O)[C@H]1CN2CCC1C[C@@H]2Cn1cc(CCO)nn1. The lowest BCUT2D eigenvalue weighted by atomic mass is 9.75. The number of hydrogen-bond donors (Lipinski definition) is 1. The van der Waals surface area contributed by atoms with Gasteiger partial charge in [-0.25, -0.2) is 0 Å². The van der Waals surface area contributed by atoms with E-state index in [-0.39, 0.29) is 18.4 Å². The van der Waals surface area contributed by atoms with Crippen LogP contribution in [0.4, 0.5) is 0 Å². The molecule has 0 aromatic carbocycles. The minimum atomic E-state index is 0.0956. The van der Waals surface area contributed by atoms with Crippen LogP contribution in [0.5, 0.6) is 0 Å². The fourth-order valence-corrected chi connectivity index (χ4v) is 4.05. The summed E-state index contributed by atoms with van der Waals surface area (Å²) in [5.41, 5.74) is 0.826. The van der Waals surface area contributed by atoms with Crippen LogP contribution >= 0.6 is 0 Å². The van der Waals surface area contributed by atoms with Crippen molar-refractivity contribution in [2.24, 2.45) is 11.8 Å². The number of piperidine rings is 3. The average Bonchev–Trinajstić information content (AvgIpc) is 3.02. The van der Waals surface area contributed by atoms with Crippen molar-refractivity contribution in [3.05, 3.63) is 24.5 Å². The minimum Gasteiger partial charge on any atom is -0.396 e. The zero-order valence-electron chi connectivity index (χ0n) is 14.3. The number of fused-ring (bicyclic) bond motifs is 3. The van der Waals surface area contributed by atoms with Crippen molar-refractivity contribution in [3.8, 4) is 0 Å². The molecule has 1 aromatic heterocycles. The molecule has 0 spiro atoms. The number of carbonyl (C=O) groups excluding carboxylic acids is 1. The number of aromatic nitrogens is 3. The van der Waals surface area contributed by atoms with Gasteiger partial charge in [0.25, 0.3) is 0 Å². The van der Waals surface area contributed by atoms with Gasteiger partial charge < -0.3 is 10.0 Å². The molecule has 4 atom stereocenters. The van der Waals surface area contributed by atoms with Crippen LogP contribution in [0.25, 0.3) is 0 Å². The van der Waals surface area contributed by atoms with Crippen molar-refractivity contribution >= 4 is 5.91 Å². The Morgan fingerprint density at radius 3 is 3.08 bits per heavy atom. The van der Waals surface area contributed by atoms with Crippen LogP contribution in [0.2, 0.25) is 0 Å². The zero-order valence-corrected chi connectivity index (χ0v) is 14.3. The predicted octanol–water partition coefficient (Wildman–Crippen LogP) is 0.168. The Morgan fingerprint density at radius 2 is 2.42 bits per heavy atom. The first-order chi connectivity index (χ1) is 11.6. The summed E-state index contributed by atoms with van der Waals surface area (Å²) in [4.78, 5) is 16.8. The molecule has 0 radical (unpaired) electrons. The Bertz CT molecular complexity index is 587. The molecule has 1 aromatic rings. The second-order valence-corrected chi connectivity index (χ2v) is 6.95. The molecule has 0 aliphatic carbocycles. The highest BCUT2D eigenvalue weighted by atomic mass is 16.3. The Balaban J connectivity index is 1.60. The van der Waals surface area contributed by atoms with Gasteiger partial charge in [0.05, 0.1) is 18.2 Å². The third-order valence-electron chi connectivity index (χ3n) is 5.33. The quantitative estimate of drug-likeness (QED) is 0.720. The highest BCUT2D eigenvalue weighted by Gasteiger charge is 2.43. The average molecular weight is 333 g/mol. The van der Waals surface area contributed by atoms with E-state index in [1.807, 2.05) is 17.9 Å². The van der Waals surface area contributed by atoms with Gasteiger partial charge >= 0.3 is 0 Å². The first kappa shape index (κ1) is 17.1. The van der Waals surface area contributed by atoms with E-state index in [0.717, 1.165) is 38.2 Å². The molecule has 3 fully saturated rings. The maximum Gasteiger partial charge on any atom is 0.227 e. The van der Waals surface area contributed by atoms with Gasteiger partial charge in [-0.05, 0) is 25.3 Å². The summed E-state index contributed by atoms with van der Waals surface area (Å²) in [5.74, 6) is 0.815. The number of amides is 1. The van der Waals surface area contributed by atoms with Crippen LogP contribution in [0.3, 0.4) is 0 Å². The van der Waals surface area contributed by atoms with Gasteiger partial charge in [-0.1, -0.05) is 11.3 Å². The summed E-state index contributed by atoms with van der Waals surface area (Å²) in [5, 5.41) is 17.2. The normalized spacial score (nSPS) is 28.8. The Labute approximate surface area is 142 Å². The van der Waals surface area contributed by atoms with Crippen LogP contribution in [0.1, 0.15) is 18.5 Å². The second-order valence-electron chi connectivity index (χ2n) is 6.95. The van der Waals surface area contributed by atoms with Crippen LogP contribution < -0.4 is 0 Å². The van der Waals surface area contributed by atoms with Crippen molar-refractivity contribution in [1.82, 2.24) is 24.8 Å². The smallest absolute Gasteiger partial charge is 0.227 e. The van der Waals surface area contributed by atoms with Crippen LogP contribution in [0, 0.1) is 11.8 Å². The molecule has 2 bridgehead atoms. The van der Waals surface area contributed by atoms with Crippen LogP contribution in [-0.2, 0) is 17.8 Å². The molecule has 3 aliphatic rings. The topological polar surface area (TPSA) is 74.5 Å². The van der Waals surface area contributed by atoms with Gasteiger partial charge in [-0.2, -0.15) is 0 Å². The van der Waals surface area contributed by atoms with Crippen molar-refractivity contribution in [1.29, 1.82) is 0 Å². The van der Waals surface area contributed by atoms with E-state index >= 15 is 0 Å². The standard InChI is InChI=1S/C17H27N5O2/c1-3-6-20(2)17(24)16-12-21-7-4-13(16)9-15(21)11-22-10-14(5-8-23)18-19-22/h3,10,13,15-16,23H,1,4-9,11-12H2,2H3/t13?,15-,16+/m1/s1. The number of hydrogen-bond acceptors (Lipinski definition) is 5. The molecule has 3 aliphatic heterocycles. The molecule has 4 heterocycles. The third kappa shape index (κ3) is 3.52. The van der Waals surface area contributed by atoms with Gasteiger partial charge in [0.2, 0.25) is 5.91 Å². The van der Waals surface area contributed by atoms with E-state index in [9.17, 15) is 4.79 Å². The largest absolute Gasteiger partial charge is 0.396 e. The van der Waals surface area contributed by atoms with Crippen LogP contribution in [-0.4, -0.2) is 75.1 Å². The maximum atomic E-state index is 12.6. The van der Waals surface area contributed by atoms with Crippen molar-refractivity contribution in [2.75, 3.05) is 33.3 Å². The highest BCUT2D eigenvalue weighted by molar-refractivity contribution is 5.79. The molecule has 2 unspecified atom stereocenters. The maximum absolute atomic E-state index is 12.6. The van der Waals surface area contributed by atoms with Crippen LogP contribution in [0.15, 0.2) is 18.9 Å². The molecule has 24 heavy (non-hydrogen) atoms. The van der Waals surface area contributed by atoms with Crippen molar-refractivity contribution in [3.63, 3.8) is 0 Å². The van der Waals surface area contributed by atoms with E-state index < -0.39 is 0 Å². The first-order valence-corrected chi connectivity index (χ1v) is 8.72. The highest BCUT2D eigenvalue weighted by Crippen LogP contribution is 2.37. The van der Waals surface area contributed by atoms with Crippen molar-refractivity contribution in [2.45, 2.75) is 31.8 Å². The number of likely N-dealkylation sites (N-methyl/N-ethyl adjacent to an activating group) is 1. The molecule has 7 heteroatoms. The van der Waals surface area contributed by atoms with E-state index in [0.29, 0.717) is 24.9 Å². The third-order valence-corrected chi connectivity index (χ3v) is 5.33. The molecule has 1 N–H and O–H groups in total. The first-order valence-electron chi connectivity index (χ1n) is 8.72. The lowest BCUT2D eigenvalue weighted by Crippen LogP contribution is -2.58. The molecule has 7 nitrogen and oxygen atoms in total. The van der Waals surface area contributed by atoms with Gasteiger partial charge in [-0.3, -0.25) is 14.4 Å². The molecule has 1 amide bonds. The Hall–Kier alpha value is -1.73. The summed E-state index contributed by atoms with van der Waals surface area (Å²) in [6.07, 6.45) is 6.37. The van der Waals surface area contributed by atoms with E-state index in [2.05, 4.69) is 21.8 Å². The van der Waals surface area contributed by atoms with Gasteiger partial charge in [-0.15, -0.1) is 11.7 Å². The summed E-state index contributed by atoms with van der Waals surface area (Å²) >= 11 is 0. The molecule has 3 saturated heterocycles. The number of aliphatic hydroxyl groups excluding tert-OH is 1. The second kappa shape index (κ2) is 7.44. The number of nitrogens with zero attached hydrogens (tertiary/aromatic N) is 5. The summed E-state index contributed by atoms with van der Waals surface area (Å²) in [6, 6.07) is 0.418.